The molecular formula is C33H28O2. The normalized spacial score (nSPS) is 11.2. The summed E-state index contributed by atoms with van der Waals surface area (Å²) in [5.74, 6) is -0.206. The van der Waals surface area contributed by atoms with Gasteiger partial charge in [-0.25, -0.2) is 0 Å². The Morgan fingerprint density at radius 1 is 0.600 bits per heavy atom. The highest BCUT2D eigenvalue weighted by Crippen LogP contribution is 2.30. The average molecular weight is 457 g/mol. The van der Waals surface area contributed by atoms with Crippen molar-refractivity contribution in [3.8, 4) is 0 Å². The minimum Gasteiger partial charge on any atom is -0.289 e. The van der Waals surface area contributed by atoms with E-state index >= 15 is 0 Å². The van der Waals surface area contributed by atoms with Crippen molar-refractivity contribution in [3.05, 3.63) is 130 Å². The van der Waals surface area contributed by atoms with Gasteiger partial charge in [-0.1, -0.05) is 98.3 Å². The van der Waals surface area contributed by atoms with Crippen LogP contribution in [0.15, 0.2) is 91.0 Å². The molecule has 0 aromatic heterocycles. The number of rotatable bonds is 6. The summed E-state index contributed by atoms with van der Waals surface area (Å²) in [5.41, 5.74) is 5.16. The molecule has 35 heavy (non-hydrogen) atoms. The molecule has 0 spiro atoms. The van der Waals surface area contributed by atoms with Crippen molar-refractivity contribution in [2.75, 3.05) is 0 Å². The van der Waals surface area contributed by atoms with E-state index in [9.17, 15) is 9.59 Å². The van der Waals surface area contributed by atoms with Crippen molar-refractivity contribution in [2.45, 2.75) is 33.6 Å². The Bertz CT molecular complexity index is 1610. The van der Waals surface area contributed by atoms with E-state index in [0.29, 0.717) is 22.3 Å². The fourth-order valence-electron chi connectivity index (χ4n) is 5.05. The molecule has 0 saturated heterocycles. The smallest absolute Gasteiger partial charge is 0.194 e. The highest BCUT2D eigenvalue weighted by Gasteiger charge is 2.24. The number of hydrogen-bond donors (Lipinski definition) is 0. The maximum absolute atomic E-state index is 14.2. The zero-order chi connectivity index (χ0) is 24.5. The third-order valence-corrected chi connectivity index (χ3v) is 6.84. The summed E-state index contributed by atoms with van der Waals surface area (Å²) in [5, 5.41) is 3.86. The molecule has 5 aromatic carbocycles. The lowest BCUT2D eigenvalue weighted by molar-refractivity contribution is 0.100. The molecule has 0 N–H and O–H groups in total. The minimum absolute atomic E-state index is 0.0986. The number of benzene rings is 5. The van der Waals surface area contributed by atoms with Gasteiger partial charge in [-0.3, -0.25) is 9.59 Å². The van der Waals surface area contributed by atoms with Crippen molar-refractivity contribution < 1.29 is 9.59 Å². The van der Waals surface area contributed by atoms with Gasteiger partial charge in [0.1, 0.15) is 0 Å². The molecule has 0 amide bonds. The molecule has 2 nitrogen and oxygen atoms in total. The Morgan fingerprint density at radius 3 is 1.66 bits per heavy atom. The van der Waals surface area contributed by atoms with Gasteiger partial charge in [0, 0.05) is 22.3 Å². The first-order chi connectivity index (χ1) is 17.0. The zero-order valence-corrected chi connectivity index (χ0v) is 20.4. The standard InChI is InChI=1S/C33H28O2/c1-4-9-23-16-19-28(32(34)30-21(2)14-17-24-10-5-7-12-26(24)30)29(20-23)33(35)31-22(3)15-18-25-11-6-8-13-27(25)31/h5-8,10-20H,4,9H2,1-3H3. The predicted octanol–water partition coefficient (Wildman–Crippen LogP) is 8.02. The van der Waals surface area contributed by atoms with Gasteiger partial charge in [-0.2, -0.15) is 0 Å². The fraction of sp³-hybridized carbons (Fsp3) is 0.152. The quantitative estimate of drug-likeness (QED) is 0.242. The molecule has 172 valence electrons. The average Bonchev–Trinajstić information content (AvgIpc) is 2.88. The van der Waals surface area contributed by atoms with E-state index in [2.05, 4.69) is 6.92 Å². The maximum Gasteiger partial charge on any atom is 0.194 e. The first-order valence-electron chi connectivity index (χ1n) is 12.2. The van der Waals surface area contributed by atoms with Gasteiger partial charge in [0.15, 0.2) is 11.6 Å². The lowest BCUT2D eigenvalue weighted by Crippen LogP contribution is -2.14. The summed E-state index contributed by atoms with van der Waals surface area (Å²) in [7, 11) is 0. The maximum atomic E-state index is 14.2. The second-order valence-corrected chi connectivity index (χ2v) is 9.25. The van der Waals surface area contributed by atoms with E-state index < -0.39 is 0 Å². The van der Waals surface area contributed by atoms with Gasteiger partial charge >= 0.3 is 0 Å². The van der Waals surface area contributed by atoms with Crippen LogP contribution in [-0.2, 0) is 6.42 Å². The molecular weight excluding hydrogens is 428 g/mol. The summed E-state index contributed by atoms with van der Waals surface area (Å²) in [6, 6.07) is 29.7. The highest BCUT2D eigenvalue weighted by atomic mass is 16.1. The molecule has 0 aliphatic rings. The SMILES string of the molecule is CCCc1ccc(C(=O)c2c(C)ccc3ccccc23)c(C(=O)c2c(C)ccc3ccccc23)c1. The predicted molar refractivity (Wildman–Crippen MR) is 145 cm³/mol. The summed E-state index contributed by atoms with van der Waals surface area (Å²) < 4.78 is 0. The van der Waals surface area contributed by atoms with E-state index in [1.54, 1.807) is 0 Å². The van der Waals surface area contributed by atoms with Crippen LogP contribution in [0.2, 0.25) is 0 Å². The molecule has 0 fully saturated rings. The van der Waals surface area contributed by atoms with Crippen LogP contribution in [0.3, 0.4) is 0 Å². The largest absolute Gasteiger partial charge is 0.289 e. The van der Waals surface area contributed by atoms with Gasteiger partial charge in [0.2, 0.25) is 0 Å². The first-order valence-corrected chi connectivity index (χ1v) is 12.2. The summed E-state index contributed by atoms with van der Waals surface area (Å²) >= 11 is 0. The van der Waals surface area contributed by atoms with Crippen LogP contribution in [0.4, 0.5) is 0 Å². The number of hydrogen-bond acceptors (Lipinski definition) is 2. The molecule has 0 atom stereocenters. The molecule has 0 heterocycles. The number of fused-ring (bicyclic) bond motifs is 2. The summed E-state index contributed by atoms with van der Waals surface area (Å²) in [6.07, 6.45) is 1.83. The number of carbonyl (C=O) groups is 2. The van der Waals surface area contributed by atoms with E-state index in [-0.39, 0.29) is 11.6 Å². The number of ketones is 2. The summed E-state index contributed by atoms with van der Waals surface area (Å²) in [6.45, 7) is 6.04. The molecule has 2 heteroatoms. The third-order valence-electron chi connectivity index (χ3n) is 6.84. The third kappa shape index (κ3) is 4.06. The van der Waals surface area contributed by atoms with Crippen LogP contribution in [0.25, 0.3) is 21.5 Å². The Labute approximate surface area is 206 Å². The molecule has 0 aliphatic carbocycles. The van der Waals surface area contributed by atoms with Gasteiger partial charge in [0.05, 0.1) is 0 Å². The lowest BCUT2D eigenvalue weighted by atomic mass is 9.86. The Morgan fingerprint density at radius 2 is 1.11 bits per heavy atom. The Kier molecular flexibility index (Phi) is 6.05. The highest BCUT2D eigenvalue weighted by molar-refractivity contribution is 6.25. The molecule has 5 rings (SSSR count). The van der Waals surface area contributed by atoms with Crippen molar-refractivity contribution in [2.24, 2.45) is 0 Å². The van der Waals surface area contributed by atoms with Gasteiger partial charge in [0.25, 0.3) is 0 Å². The second-order valence-electron chi connectivity index (χ2n) is 9.25. The van der Waals surface area contributed by atoms with Crippen LogP contribution in [0.5, 0.6) is 0 Å². The second kappa shape index (κ2) is 9.31. The Balaban J connectivity index is 1.74. The van der Waals surface area contributed by atoms with Crippen LogP contribution in [-0.4, -0.2) is 11.6 Å². The van der Waals surface area contributed by atoms with E-state index in [4.69, 9.17) is 0 Å². The van der Waals surface area contributed by atoms with E-state index in [0.717, 1.165) is 51.1 Å². The van der Waals surface area contributed by atoms with Crippen LogP contribution in [0, 0.1) is 13.8 Å². The number of carbonyl (C=O) groups excluding carboxylic acids is 2. The van der Waals surface area contributed by atoms with Crippen LogP contribution < -0.4 is 0 Å². The summed E-state index contributed by atoms with van der Waals surface area (Å²) in [4.78, 5) is 28.3. The topological polar surface area (TPSA) is 34.1 Å². The van der Waals surface area contributed by atoms with Gasteiger partial charge in [-0.15, -0.1) is 0 Å². The van der Waals surface area contributed by atoms with Crippen molar-refractivity contribution in [1.29, 1.82) is 0 Å². The van der Waals surface area contributed by atoms with Crippen molar-refractivity contribution in [3.63, 3.8) is 0 Å². The molecule has 0 radical (unpaired) electrons. The molecule has 0 aliphatic heterocycles. The van der Waals surface area contributed by atoms with E-state index in [1.165, 1.54) is 0 Å². The zero-order valence-electron chi connectivity index (χ0n) is 20.4. The Hall–Kier alpha value is -4.04. The van der Waals surface area contributed by atoms with E-state index in [1.807, 2.05) is 105 Å². The molecule has 0 bridgehead atoms. The number of aryl methyl sites for hydroxylation is 3. The lowest BCUT2D eigenvalue weighted by Gasteiger charge is -2.16. The van der Waals surface area contributed by atoms with Gasteiger partial charge in [-0.05, 0) is 64.6 Å². The van der Waals surface area contributed by atoms with Gasteiger partial charge < -0.3 is 0 Å². The first kappa shape index (κ1) is 22.7. The molecule has 0 saturated carbocycles. The van der Waals surface area contributed by atoms with Crippen LogP contribution in [0.1, 0.15) is 61.9 Å². The monoisotopic (exact) mass is 456 g/mol. The molecule has 5 aromatic rings. The van der Waals surface area contributed by atoms with Crippen LogP contribution >= 0.6 is 0 Å². The minimum atomic E-state index is -0.108. The van der Waals surface area contributed by atoms with Crippen molar-refractivity contribution in [1.82, 2.24) is 0 Å². The fourth-order valence-corrected chi connectivity index (χ4v) is 5.05. The van der Waals surface area contributed by atoms with Crippen molar-refractivity contribution >= 4 is 33.1 Å². The molecule has 0 unspecified atom stereocenters.